The number of fused-ring (bicyclic) bond motifs is 1. The molecule has 3 unspecified atom stereocenters. The number of rotatable bonds is 4. The zero-order valence-electron chi connectivity index (χ0n) is 13.4. The number of benzene rings is 1. The zero-order chi connectivity index (χ0) is 16.1. The summed E-state index contributed by atoms with van der Waals surface area (Å²) in [5.41, 5.74) is 0.679. The number of amides is 2. The summed E-state index contributed by atoms with van der Waals surface area (Å²) in [6, 6.07) is 7.33. The van der Waals surface area contributed by atoms with E-state index in [1.807, 2.05) is 31.2 Å². The Hall–Kier alpha value is -1.79. The molecule has 0 aromatic heterocycles. The van der Waals surface area contributed by atoms with Crippen LogP contribution in [0.1, 0.15) is 26.2 Å². The van der Waals surface area contributed by atoms with Crippen molar-refractivity contribution in [2.75, 3.05) is 25.1 Å². The number of anilines is 1. The normalized spacial score (nSPS) is 26.9. The SMILES string of the molecule is CCOc1ccccc1NC(=O)NC1CCC2OCCOC2C1. The topological polar surface area (TPSA) is 68.8 Å². The molecule has 0 radical (unpaired) electrons. The molecule has 2 amide bonds. The van der Waals surface area contributed by atoms with Crippen LogP contribution in [0.2, 0.25) is 0 Å². The number of carbonyl (C=O) groups is 1. The molecule has 126 valence electrons. The highest BCUT2D eigenvalue weighted by molar-refractivity contribution is 5.91. The van der Waals surface area contributed by atoms with Crippen molar-refractivity contribution in [2.45, 2.75) is 44.4 Å². The van der Waals surface area contributed by atoms with E-state index in [-0.39, 0.29) is 24.3 Å². The van der Waals surface area contributed by atoms with E-state index in [0.29, 0.717) is 31.3 Å². The van der Waals surface area contributed by atoms with Gasteiger partial charge in [-0.1, -0.05) is 12.1 Å². The van der Waals surface area contributed by atoms with E-state index >= 15 is 0 Å². The molecule has 0 bridgehead atoms. The smallest absolute Gasteiger partial charge is 0.319 e. The summed E-state index contributed by atoms with van der Waals surface area (Å²) in [6.45, 7) is 3.79. The van der Waals surface area contributed by atoms with Crippen molar-refractivity contribution in [3.05, 3.63) is 24.3 Å². The third-order valence-electron chi connectivity index (χ3n) is 4.25. The molecule has 1 aliphatic heterocycles. The molecule has 1 aliphatic carbocycles. The van der Waals surface area contributed by atoms with Gasteiger partial charge in [0.2, 0.25) is 0 Å². The number of hydrogen-bond donors (Lipinski definition) is 2. The fourth-order valence-electron chi connectivity index (χ4n) is 3.19. The van der Waals surface area contributed by atoms with Crippen LogP contribution in [0.5, 0.6) is 5.75 Å². The maximum Gasteiger partial charge on any atom is 0.319 e. The Labute approximate surface area is 136 Å². The van der Waals surface area contributed by atoms with Crippen LogP contribution in [0.15, 0.2) is 24.3 Å². The van der Waals surface area contributed by atoms with E-state index in [2.05, 4.69) is 10.6 Å². The van der Waals surface area contributed by atoms with Gasteiger partial charge in [-0.25, -0.2) is 4.79 Å². The van der Waals surface area contributed by atoms with E-state index in [9.17, 15) is 4.79 Å². The fourth-order valence-corrected chi connectivity index (χ4v) is 3.19. The first-order valence-corrected chi connectivity index (χ1v) is 8.29. The quantitative estimate of drug-likeness (QED) is 0.894. The van der Waals surface area contributed by atoms with Crippen molar-refractivity contribution < 1.29 is 19.0 Å². The van der Waals surface area contributed by atoms with Gasteiger partial charge in [-0.15, -0.1) is 0 Å². The summed E-state index contributed by atoms with van der Waals surface area (Å²) in [5.74, 6) is 0.679. The Balaban J connectivity index is 1.53. The molecule has 2 N–H and O–H groups in total. The fraction of sp³-hybridized carbons (Fsp3) is 0.588. The number of hydrogen-bond acceptors (Lipinski definition) is 4. The van der Waals surface area contributed by atoms with Crippen molar-refractivity contribution in [1.29, 1.82) is 0 Å². The van der Waals surface area contributed by atoms with Crippen LogP contribution in [0.3, 0.4) is 0 Å². The standard InChI is InChI=1S/C17H24N2O4/c1-2-21-14-6-4-3-5-13(14)19-17(20)18-12-7-8-15-16(11-12)23-10-9-22-15/h3-6,12,15-16H,2,7-11H2,1H3,(H2,18,19,20). The molecular weight excluding hydrogens is 296 g/mol. The molecule has 6 heteroatoms. The predicted molar refractivity (Wildman–Crippen MR) is 86.9 cm³/mol. The maximum atomic E-state index is 12.2. The molecule has 0 spiro atoms. The average Bonchev–Trinajstić information content (AvgIpc) is 2.57. The Kier molecular flexibility index (Phi) is 5.35. The van der Waals surface area contributed by atoms with E-state index in [1.54, 1.807) is 0 Å². The van der Waals surface area contributed by atoms with Crippen LogP contribution in [0, 0.1) is 0 Å². The molecule has 1 heterocycles. The van der Waals surface area contributed by atoms with Gasteiger partial charge in [-0.05, 0) is 38.3 Å². The first-order chi connectivity index (χ1) is 11.3. The molecule has 1 saturated heterocycles. The van der Waals surface area contributed by atoms with Crippen molar-refractivity contribution >= 4 is 11.7 Å². The minimum absolute atomic E-state index is 0.0958. The number of para-hydroxylation sites is 2. The highest BCUT2D eigenvalue weighted by atomic mass is 16.6. The summed E-state index contributed by atoms with van der Waals surface area (Å²) in [4.78, 5) is 12.2. The van der Waals surface area contributed by atoms with E-state index in [1.165, 1.54) is 0 Å². The van der Waals surface area contributed by atoms with Crippen molar-refractivity contribution in [2.24, 2.45) is 0 Å². The Morgan fingerprint density at radius 1 is 1.22 bits per heavy atom. The third kappa shape index (κ3) is 4.14. The molecule has 3 atom stereocenters. The third-order valence-corrected chi connectivity index (χ3v) is 4.25. The second-order valence-corrected chi connectivity index (χ2v) is 5.86. The van der Waals surface area contributed by atoms with Crippen LogP contribution in [0.4, 0.5) is 10.5 Å². The first-order valence-electron chi connectivity index (χ1n) is 8.29. The number of ether oxygens (including phenoxy) is 3. The van der Waals surface area contributed by atoms with E-state index in [4.69, 9.17) is 14.2 Å². The van der Waals surface area contributed by atoms with E-state index in [0.717, 1.165) is 19.3 Å². The minimum atomic E-state index is -0.211. The Morgan fingerprint density at radius 3 is 2.83 bits per heavy atom. The summed E-state index contributed by atoms with van der Waals surface area (Å²) < 4.78 is 17.0. The van der Waals surface area contributed by atoms with Gasteiger partial charge < -0.3 is 24.8 Å². The largest absolute Gasteiger partial charge is 0.492 e. The first kappa shape index (κ1) is 16.1. The lowest BCUT2D eigenvalue weighted by molar-refractivity contribution is -0.157. The van der Waals surface area contributed by atoms with Gasteiger partial charge in [0.1, 0.15) is 5.75 Å². The minimum Gasteiger partial charge on any atom is -0.492 e. The maximum absolute atomic E-state index is 12.2. The summed E-state index contributed by atoms with van der Waals surface area (Å²) in [7, 11) is 0. The molecule has 2 aliphatic rings. The van der Waals surface area contributed by atoms with E-state index < -0.39 is 0 Å². The molecule has 1 aromatic rings. The van der Waals surface area contributed by atoms with Crippen LogP contribution < -0.4 is 15.4 Å². The summed E-state index contributed by atoms with van der Waals surface area (Å²) >= 11 is 0. The van der Waals surface area contributed by atoms with Gasteiger partial charge in [-0.2, -0.15) is 0 Å². The molecular formula is C17H24N2O4. The van der Waals surface area contributed by atoms with Crippen molar-refractivity contribution in [3.63, 3.8) is 0 Å². The molecule has 2 fully saturated rings. The van der Waals surface area contributed by atoms with Crippen LogP contribution >= 0.6 is 0 Å². The van der Waals surface area contributed by atoms with Gasteiger partial charge in [0.25, 0.3) is 0 Å². The average molecular weight is 320 g/mol. The number of urea groups is 1. The van der Waals surface area contributed by atoms with Crippen molar-refractivity contribution in [3.8, 4) is 5.75 Å². The van der Waals surface area contributed by atoms with Crippen LogP contribution in [0.25, 0.3) is 0 Å². The molecule has 1 saturated carbocycles. The lowest BCUT2D eigenvalue weighted by Gasteiger charge is -2.39. The highest BCUT2D eigenvalue weighted by Gasteiger charge is 2.34. The summed E-state index contributed by atoms with van der Waals surface area (Å²) in [6.07, 6.45) is 2.91. The van der Waals surface area contributed by atoms with Gasteiger partial charge in [-0.3, -0.25) is 0 Å². The highest BCUT2D eigenvalue weighted by Crippen LogP contribution is 2.27. The molecule has 3 rings (SSSR count). The van der Waals surface area contributed by atoms with Gasteiger partial charge in [0.05, 0.1) is 37.7 Å². The van der Waals surface area contributed by atoms with Gasteiger partial charge in [0, 0.05) is 6.04 Å². The number of carbonyl (C=O) groups excluding carboxylic acids is 1. The molecule has 1 aromatic carbocycles. The second-order valence-electron chi connectivity index (χ2n) is 5.86. The van der Waals surface area contributed by atoms with Crippen LogP contribution in [-0.2, 0) is 9.47 Å². The molecule has 6 nitrogen and oxygen atoms in total. The second kappa shape index (κ2) is 7.66. The van der Waals surface area contributed by atoms with Crippen LogP contribution in [-0.4, -0.2) is 44.1 Å². The monoisotopic (exact) mass is 320 g/mol. The van der Waals surface area contributed by atoms with Crippen molar-refractivity contribution in [1.82, 2.24) is 5.32 Å². The molecule has 23 heavy (non-hydrogen) atoms. The Morgan fingerprint density at radius 2 is 2.00 bits per heavy atom. The summed E-state index contributed by atoms with van der Waals surface area (Å²) in [5, 5.41) is 5.90. The Bertz CT molecular complexity index is 537. The predicted octanol–water partition coefficient (Wildman–Crippen LogP) is 2.54. The van der Waals surface area contributed by atoms with Gasteiger partial charge >= 0.3 is 6.03 Å². The lowest BCUT2D eigenvalue weighted by atomic mass is 9.90. The number of nitrogens with one attached hydrogen (secondary N) is 2. The zero-order valence-corrected chi connectivity index (χ0v) is 13.4. The lowest BCUT2D eigenvalue weighted by Crippen LogP contribution is -2.50. The van der Waals surface area contributed by atoms with Gasteiger partial charge in [0.15, 0.2) is 0 Å².